The lowest BCUT2D eigenvalue weighted by molar-refractivity contribution is -0.207. The molecule has 6 atom stereocenters. The van der Waals surface area contributed by atoms with Crippen LogP contribution in [0.15, 0.2) is 5.29 Å². The molecule has 158 valence electrons. The monoisotopic (exact) mass is 411 g/mol. The Labute approximate surface area is 163 Å². The first-order valence-electron chi connectivity index (χ1n) is 9.00. The smallest absolute Gasteiger partial charge is 0.345 e. The first kappa shape index (κ1) is 24.0. The molecule has 3 N–H and O–H groups in total. The van der Waals surface area contributed by atoms with Gasteiger partial charge >= 0.3 is 6.03 Å². The number of nitroso groups, excluding NO2 is 1. The van der Waals surface area contributed by atoms with Crippen LogP contribution in [0.3, 0.4) is 0 Å². The molecular formula is C16H30ClN3O7. The fourth-order valence-electron chi connectivity index (χ4n) is 2.63. The quantitative estimate of drug-likeness (QED) is 0.210. The van der Waals surface area contributed by atoms with Crippen LogP contribution in [0, 0.1) is 10.8 Å². The molecule has 0 bridgehead atoms. The van der Waals surface area contributed by atoms with Gasteiger partial charge in [0.15, 0.2) is 12.5 Å². The Balaban J connectivity index is 2.98. The summed E-state index contributed by atoms with van der Waals surface area (Å²) in [4.78, 5) is 24.5. The van der Waals surface area contributed by atoms with Gasteiger partial charge in [-0.1, -0.05) is 20.8 Å². The summed E-state index contributed by atoms with van der Waals surface area (Å²) in [6.07, 6.45) is -6.55. The summed E-state index contributed by atoms with van der Waals surface area (Å²) in [7, 11) is 0. The molecular weight excluding hydrogens is 382 g/mol. The van der Waals surface area contributed by atoms with Crippen molar-refractivity contribution in [2.45, 2.75) is 71.0 Å². The van der Waals surface area contributed by atoms with E-state index in [-0.39, 0.29) is 31.0 Å². The SMILES string of the molecule is CCC(C)O[C@@H]1O[C@@H](C(O)N(CC(C)C)C(=O)N(CCCl)N=O)[C@@H](O)[C@H]1O. The Morgan fingerprint density at radius 1 is 1.30 bits per heavy atom. The third-order valence-corrected chi connectivity index (χ3v) is 4.40. The average Bonchev–Trinajstić information content (AvgIpc) is 2.91. The van der Waals surface area contributed by atoms with Gasteiger partial charge in [0, 0.05) is 12.4 Å². The van der Waals surface area contributed by atoms with Crippen LogP contribution in [0.4, 0.5) is 4.79 Å². The van der Waals surface area contributed by atoms with Crippen LogP contribution in [0.1, 0.15) is 34.1 Å². The molecule has 2 amide bonds. The fourth-order valence-corrected chi connectivity index (χ4v) is 2.79. The van der Waals surface area contributed by atoms with Gasteiger partial charge in [0.05, 0.1) is 17.9 Å². The highest BCUT2D eigenvalue weighted by Gasteiger charge is 2.49. The maximum atomic E-state index is 12.6. The first-order valence-corrected chi connectivity index (χ1v) is 9.53. The topological polar surface area (TPSA) is 132 Å². The Morgan fingerprint density at radius 3 is 2.41 bits per heavy atom. The molecule has 0 aromatic carbocycles. The van der Waals surface area contributed by atoms with Crippen LogP contribution < -0.4 is 0 Å². The van der Waals surface area contributed by atoms with Crippen LogP contribution in [-0.4, -0.2) is 87.2 Å². The number of amides is 2. The second-order valence-corrected chi connectivity index (χ2v) is 7.32. The van der Waals surface area contributed by atoms with Crippen molar-refractivity contribution in [1.82, 2.24) is 9.91 Å². The number of aliphatic hydroxyl groups excluding tert-OH is 3. The number of carbonyl (C=O) groups is 1. The van der Waals surface area contributed by atoms with Crippen LogP contribution >= 0.6 is 11.6 Å². The molecule has 1 saturated heterocycles. The molecule has 0 aliphatic carbocycles. The van der Waals surface area contributed by atoms with Gasteiger partial charge in [-0.25, -0.2) is 4.79 Å². The van der Waals surface area contributed by atoms with Gasteiger partial charge in [-0.3, -0.25) is 4.90 Å². The van der Waals surface area contributed by atoms with Gasteiger partial charge in [-0.2, -0.15) is 5.01 Å². The van der Waals surface area contributed by atoms with E-state index >= 15 is 0 Å². The number of rotatable bonds is 10. The lowest BCUT2D eigenvalue weighted by Crippen LogP contribution is -2.55. The fraction of sp³-hybridized carbons (Fsp3) is 0.938. The van der Waals surface area contributed by atoms with E-state index in [1.165, 1.54) is 0 Å². The Hall–Kier alpha value is -1.04. The summed E-state index contributed by atoms with van der Waals surface area (Å²) in [5, 5.41) is 34.3. The molecule has 1 rings (SSSR count). The van der Waals surface area contributed by atoms with Crippen molar-refractivity contribution in [2.75, 3.05) is 19.0 Å². The molecule has 1 aliphatic heterocycles. The van der Waals surface area contributed by atoms with Crippen molar-refractivity contribution in [3.8, 4) is 0 Å². The summed E-state index contributed by atoms with van der Waals surface area (Å²) in [6, 6.07) is -0.872. The van der Waals surface area contributed by atoms with Crippen LogP contribution in [0.2, 0.25) is 0 Å². The van der Waals surface area contributed by atoms with Gasteiger partial charge in [-0.05, 0) is 19.3 Å². The minimum atomic E-state index is -1.63. The number of carbonyl (C=O) groups excluding carboxylic acids is 1. The minimum absolute atomic E-state index is 0.0187. The Kier molecular flexibility index (Phi) is 9.85. The van der Waals surface area contributed by atoms with Gasteiger partial charge in [0.25, 0.3) is 0 Å². The second kappa shape index (κ2) is 11.1. The maximum absolute atomic E-state index is 12.6. The number of halogens is 1. The number of ether oxygens (including phenoxy) is 2. The first-order chi connectivity index (χ1) is 12.7. The van der Waals surface area contributed by atoms with E-state index in [0.29, 0.717) is 11.4 Å². The number of hydrogen-bond acceptors (Lipinski definition) is 8. The zero-order chi connectivity index (χ0) is 20.7. The maximum Gasteiger partial charge on any atom is 0.345 e. The summed E-state index contributed by atoms with van der Waals surface area (Å²) in [6.45, 7) is 7.21. The van der Waals surface area contributed by atoms with E-state index in [1.807, 2.05) is 20.8 Å². The van der Waals surface area contributed by atoms with Gasteiger partial charge in [-0.15, -0.1) is 16.5 Å². The summed E-state index contributed by atoms with van der Waals surface area (Å²) in [5.41, 5.74) is 0. The van der Waals surface area contributed by atoms with E-state index in [2.05, 4.69) is 5.29 Å². The van der Waals surface area contributed by atoms with Crippen molar-refractivity contribution in [1.29, 1.82) is 0 Å². The molecule has 0 spiro atoms. The van der Waals surface area contributed by atoms with Crippen molar-refractivity contribution < 1.29 is 29.6 Å². The molecule has 1 aliphatic rings. The molecule has 0 aromatic rings. The third kappa shape index (κ3) is 6.23. The molecule has 1 heterocycles. The van der Waals surface area contributed by atoms with Crippen molar-refractivity contribution in [3.63, 3.8) is 0 Å². The second-order valence-electron chi connectivity index (χ2n) is 6.94. The summed E-state index contributed by atoms with van der Waals surface area (Å²) in [5.74, 6) is -0.0847. The lowest BCUT2D eigenvalue weighted by Gasteiger charge is -2.34. The summed E-state index contributed by atoms with van der Waals surface area (Å²) < 4.78 is 11.0. The Morgan fingerprint density at radius 2 is 1.93 bits per heavy atom. The van der Waals surface area contributed by atoms with Gasteiger partial charge in [0.2, 0.25) is 0 Å². The van der Waals surface area contributed by atoms with Crippen LogP contribution in [0.25, 0.3) is 0 Å². The molecule has 0 radical (unpaired) electrons. The van der Waals surface area contributed by atoms with Crippen molar-refractivity contribution >= 4 is 17.6 Å². The van der Waals surface area contributed by atoms with E-state index in [9.17, 15) is 25.0 Å². The van der Waals surface area contributed by atoms with Crippen molar-refractivity contribution in [2.24, 2.45) is 11.2 Å². The van der Waals surface area contributed by atoms with Gasteiger partial charge < -0.3 is 24.8 Å². The molecule has 2 unspecified atom stereocenters. The average molecular weight is 412 g/mol. The molecule has 0 saturated carbocycles. The number of urea groups is 1. The highest BCUT2D eigenvalue weighted by atomic mass is 35.5. The predicted octanol–water partition coefficient (Wildman–Crippen LogP) is 0.867. The number of aliphatic hydroxyl groups is 3. The van der Waals surface area contributed by atoms with Crippen molar-refractivity contribution in [3.05, 3.63) is 4.91 Å². The molecule has 11 heteroatoms. The zero-order valence-electron chi connectivity index (χ0n) is 16.1. The molecule has 10 nitrogen and oxygen atoms in total. The Bertz CT molecular complexity index is 485. The normalized spacial score (nSPS) is 27.4. The van der Waals surface area contributed by atoms with Crippen LogP contribution in [-0.2, 0) is 9.47 Å². The number of alkyl halides is 1. The minimum Gasteiger partial charge on any atom is -0.387 e. The predicted molar refractivity (Wildman–Crippen MR) is 97.7 cm³/mol. The van der Waals surface area contributed by atoms with Gasteiger partial charge in [0.1, 0.15) is 18.3 Å². The van der Waals surface area contributed by atoms with E-state index < -0.39 is 36.9 Å². The van der Waals surface area contributed by atoms with E-state index in [4.69, 9.17) is 21.1 Å². The number of hydrogen-bond donors (Lipinski definition) is 3. The highest BCUT2D eigenvalue weighted by Crippen LogP contribution is 2.28. The molecule has 1 fully saturated rings. The lowest BCUT2D eigenvalue weighted by atomic mass is 10.1. The third-order valence-electron chi connectivity index (χ3n) is 4.23. The highest BCUT2D eigenvalue weighted by molar-refractivity contribution is 6.18. The number of nitrogens with zero attached hydrogens (tertiary/aromatic N) is 3. The van der Waals surface area contributed by atoms with Crippen LogP contribution in [0.5, 0.6) is 0 Å². The standard InChI is InChI=1S/C16H30ClN3O7/c1-5-10(4)26-15-12(22)11(21)13(27-15)14(23)19(8-9(2)3)16(24)20(18-25)7-6-17/h9-15,21-23H,5-8H2,1-4H3/t10?,11-,12+,13+,14?,15+/m0/s1. The molecule has 0 aromatic heterocycles. The largest absolute Gasteiger partial charge is 0.387 e. The summed E-state index contributed by atoms with van der Waals surface area (Å²) >= 11 is 5.57. The van der Waals surface area contributed by atoms with E-state index in [1.54, 1.807) is 6.92 Å². The van der Waals surface area contributed by atoms with E-state index in [0.717, 1.165) is 4.90 Å². The zero-order valence-corrected chi connectivity index (χ0v) is 16.8. The molecule has 27 heavy (non-hydrogen) atoms.